The number of aryl methyl sites for hydroxylation is 1. The minimum Gasteiger partial charge on any atom is -0.497 e. The Kier molecular flexibility index (Phi) is 7.73. The van der Waals surface area contributed by atoms with Gasteiger partial charge in [-0.2, -0.15) is 0 Å². The Balaban J connectivity index is 1.71. The lowest BCUT2D eigenvalue weighted by molar-refractivity contribution is -0.133. The van der Waals surface area contributed by atoms with Crippen molar-refractivity contribution in [2.75, 3.05) is 46.4 Å². The van der Waals surface area contributed by atoms with Gasteiger partial charge >= 0.3 is 0 Å². The number of nitrogens with zero attached hydrogens (tertiary/aromatic N) is 2. The molecule has 1 aliphatic heterocycles. The second-order valence-electron chi connectivity index (χ2n) is 6.36. The lowest BCUT2D eigenvalue weighted by atomic mass is 10.1. The van der Waals surface area contributed by atoms with Crippen LogP contribution in [0.5, 0.6) is 5.75 Å². The minimum absolute atomic E-state index is 0.0691. The Morgan fingerprint density at radius 2 is 1.96 bits per heavy atom. The largest absolute Gasteiger partial charge is 0.497 e. The molecule has 2 amide bonds. The Morgan fingerprint density at radius 3 is 2.64 bits per heavy atom. The monoisotopic (exact) mass is 347 g/mol. The zero-order valence-electron chi connectivity index (χ0n) is 15.3. The third-order valence-electron chi connectivity index (χ3n) is 4.43. The summed E-state index contributed by atoms with van der Waals surface area (Å²) < 4.78 is 5.21. The third-order valence-corrected chi connectivity index (χ3v) is 4.43. The van der Waals surface area contributed by atoms with Crippen LogP contribution in [0.25, 0.3) is 0 Å². The quantitative estimate of drug-likeness (QED) is 0.770. The van der Waals surface area contributed by atoms with Crippen molar-refractivity contribution in [1.29, 1.82) is 0 Å². The number of methoxy groups -OCH3 is 1. The van der Waals surface area contributed by atoms with E-state index in [0.717, 1.165) is 43.8 Å². The molecule has 6 heteroatoms. The van der Waals surface area contributed by atoms with Crippen LogP contribution in [0.3, 0.4) is 0 Å². The number of carbonyl (C=O) groups is 2. The molecule has 1 fully saturated rings. The van der Waals surface area contributed by atoms with Gasteiger partial charge in [-0.05, 0) is 30.5 Å². The van der Waals surface area contributed by atoms with Gasteiger partial charge in [0.05, 0.1) is 13.7 Å². The summed E-state index contributed by atoms with van der Waals surface area (Å²) in [5, 5.41) is 2.89. The second-order valence-corrected chi connectivity index (χ2v) is 6.36. The summed E-state index contributed by atoms with van der Waals surface area (Å²) in [4.78, 5) is 28.2. The molecular formula is C19H29N3O3. The molecule has 0 aliphatic carbocycles. The number of benzene rings is 1. The molecule has 1 aliphatic rings. The van der Waals surface area contributed by atoms with E-state index in [2.05, 4.69) is 10.2 Å². The van der Waals surface area contributed by atoms with Crippen molar-refractivity contribution in [1.82, 2.24) is 15.1 Å². The van der Waals surface area contributed by atoms with Crippen LogP contribution in [0.1, 0.15) is 25.3 Å². The molecule has 2 rings (SSSR count). The van der Waals surface area contributed by atoms with Crippen LogP contribution in [0.15, 0.2) is 24.3 Å². The van der Waals surface area contributed by atoms with Crippen LogP contribution in [0, 0.1) is 0 Å². The van der Waals surface area contributed by atoms with Crippen LogP contribution in [-0.4, -0.2) is 68.0 Å². The number of carbonyl (C=O) groups excluding carboxylic acids is 2. The maximum absolute atomic E-state index is 12.4. The van der Waals surface area contributed by atoms with Gasteiger partial charge in [-0.15, -0.1) is 0 Å². The van der Waals surface area contributed by atoms with Crippen molar-refractivity contribution >= 4 is 11.8 Å². The van der Waals surface area contributed by atoms with Gasteiger partial charge in [-0.25, -0.2) is 0 Å². The fourth-order valence-corrected chi connectivity index (χ4v) is 2.92. The first-order valence-corrected chi connectivity index (χ1v) is 9.02. The maximum atomic E-state index is 12.4. The van der Waals surface area contributed by atoms with Crippen molar-refractivity contribution in [2.45, 2.75) is 26.2 Å². The van der Waals surface area contributed by atoms with Crippen LogP contribution in [0.2, 0.25) is 0 Å². The van der Waals surface area contributed by atoms with Gasteiger partial charge in [-0.3, -0.25) is 14.5 Å². The highest BCUT2D eigenvalue weighted by molar-refractivity contribution is 5.78. The van der Waals surface area contributed by atoms with Gasteiger partial charge < -0.3 is 15.0 Å². The van der Waals surface area contributed by atoms with Crippen molar-refractivity contribution in [3.63, 3.8) is 0 Å². The van der Waals surface area contributed by atoms with E-state index >= 15 is 0 Å². The van der Waals surface area contributed by atoms with E-state index < -0.39 is 0 Å². The van der Waals surface area contributed by atoms with Gasteiger partial charge in [0.25, 0.3) is 0 Å². The first-order valence-electron chi connectivity index (χ1n) is 9.02. The molecule has 1 aromatic rings. The molecule has 1 heterocycles. The van der Waals surface area contributed by atoms with Crippen LogP contribution in [-0.2, 0) is 16.0 Å². The summed E-state index contributed by atoms with van der Waals surface area (Å²) in [7, 11) is 1.65. The predicted molar refractivity (Wildman–Crippen MR) is 97.6 cm³/mol. The van der Waals surface area contributed by atoms with Gasteiger partial charge in [0, 0.05) is 39.1 Å². The zero-order chi connectivity index (χ0) is 18.1. The van der Waals surface area contributed by atoms with E-state index in [4.69, 9.17) is 4.74 Å². The highest BCUT2D eigenvalue weighted by atomic mass is 16.5. The molecule has 0 radical (unpaired) electrons. The topological polar surface area (TPSA) is 61.9 Å². The smallest absolute Gasteiger partial charge is 0.234 e. The Labute approximate surface area is 150 Å². The molecular weight excluding hydrogens is 318 g/mol. The summed E-state index contributed by atoms with van der Waals surface area (Å²) in [6.45, 7) is 6.08. The molecule has 0 atom stereocenters. The van der Waals surface area contributed by atoms with Crippen molar-refractivity contribution in [3.05, 3.63) is 29.8 Å². The zero-order valence-corrected chi connectivity index (χ0v) is 15.3. The lowest BCUT2D eigenvalue weighted by Crippen LogP contribution is -2.51. The first kappa shape index (κ1) is 19.2. The second kappa shape index (κ2) is 10.0. The van der Waals surface area contributed by atoms with Gasteiger partial charge in [-0.1, -0.05) is 19.1 Å². The number of ether oxygens (including phenoxy) is 1. The van der Waals surface area contributed by atoms with E-state index in [-0.39, 0.29) is 11.8 Å². The summed E-state index contributed by atoms with van der Waals surface area (Å²) in [5.41, 5.74) is 1.11. The van der Waals surface area contributed by atoms with Crippen molar-refractivity contribution in [3.8, 4) is 5.75 Å². The molecule has 0 unspecified atom stereocenters. The SMILES string of the molecule is CCCNC(=O)CN1CCN(C(=O)CCc2cccc(OC)c2)CC1. The molecule has 1 N–H and O–H groups in total. The fourth-order valence-electron chi connectivity index (χ4n) is 2.92. The molecule has 138 valence electrons. The average Bonchev–Trinajstić information content (AvgIpc) is 2.65. The van der Waals surface area contributed by atoms with E-state index in [1.807, 2.05) is 36.1 Å². The normalized spacial score (nSPS) is 15.0. The molecule has 0 aromatic heterocycles. The Hall–Kier alpha value is -2.08. The van der Waals surface area contributed by atoms with Crippen molar-refractivity contribution in [2.24, 2.45) is 0 Å². The van der Waals surface area contributed by atoms with E-state index in [0.29, 0.717) is 26.1 Å². The number of hydrogen-bond donors (Lipinski definition) is 1. The maximum Gasteiger partial charge on any atom is 0.234 e. The highest BCUT2D eigenvalue weighted by Gasteiger charge is 2.22. The number of rotatable bonds is 8. The number of piperazine rings is 1. The molecule has 25 heavy (non-hydrogen) atoms. The number of hydrogen-bond acceptors (Lipinski definition) is 4. The van der Waals surface area contributed by atoms with Crippen LogP contribution < -0.4 is 10.1 Å². The molecule has 0 saturated carbocycles. The fraction of sp³-hybridized carbons (Fsp3) is 0.579. The summed E-state index contributed by atoms with van der Waals surface area (Å²) in [5.74, 6) is 1.07. The van der Waals surface area contributed by atoms with E-state index in [1.165, 1.54) is 0 Å². The van der Waals surface area contributed by atoms with Crippen LogP contribution >= 0.6 is 0 Å². The third kappa shape index (κ3) is 6.38. The predicted octanol–water partition coefficient (Wildman–Crippen LogP) is 1.30. The van der Waals surface area contributed by atoms with Gasteiger partial charge in [0.2, 0.25) is 11.8 Å². The van der Waals surface area contributed by atoms with Gasteiger partial charge in [0.15, 0.2) is 0 Å². The summed E-state index contributed by atoms with van der Waals surface area (Å²) in [6.07, 6.45) is 2.17. The molecule has 0 bridgehead atoms. The molecule has 0 spiro atoms. The number of nitrogens with one attached hydrogen (secondary N) is 1. The standard InChI is InChI=1S/C19H29N3O3/c1-3-9-20-18(23)15-21-10-12-22(13-11-21)19(24)8-7-16-5-4-6-17(14-16)25-2/h4-6,14H,3,7-13,15H2,1-2H3,(H,20,23). The number of amides is 2. The van der Waals surface area contributed by atoms with Crippen molar-refractivity contribution < 1.29 is 14.3 Å². The average molecular weight is 347 g/mol. The van der Waals surface area contributed by atoms with E-state index in [9.17, 15) is 9.59 Å². The minimum atomic E-state index is 0.0691. The van der Waals surface area contributed by atoms with Crippen LogP contribution in [0.4, 0.5) is 0 Å². The Bertz CT molecular complexity index is 569. The molecule has 1 aromatic carbocycles. The summed E-state index contributed by atoms with van der Waals surface area (Å²) in [6, 6.07) is 7.84. The molecule has 1 saturated heterocycles. The van der Waals surface area contributed by atoms with E-state index in [1.54, 1.807) is 7.11 Å². The first-order chi connectivity index (χ1) is 12.1. The Morgan fingerprint density at radius 1 is 1.20 bits per heavy atom. The molecule has 6 nitrogen and oxygen atoms in total. The highest BCUT2D eigenvalue weighted by Crippen LogP contribution is 2.14. The lowest BCUT2D eigenvalue weighted by Gasteiger charge is -2.34. The van der Waals surface area contributed by atoms with Gasteiger partial charge in [0.1, 0.15) is 5.75 Å². The summed E-state index contributed by atoms with van der Waals surface area (Å²) >= 11 is 0.